The Labute approximate surface area is 368 Å². The van der Waals surface area contributed by atoms with Gasteiger partial charge in [0, 0.05) is 16.9 Å². The smallest absolute Gasteiger partial charge is 0.183 e. The molecule has 1 aliphatic heterocycles. The van der Waals surface area contributed by atoms with Crippen LogP contribution in [0.3, 0.4) is 0 Å². The van der Waals surface area contributed by atoms with Crippen molar-refractivity contribution in [2.24, 2.45) is 0 Å². The van der Waals surface area contributed by atoms with Gasteiger partial charge in [0.05, 0.1) is 5.69 Å². The van der Waals surface area contributed by atoms with Crippen molar-refractivity contribution in [2.45, 2.75) is 51.4 Å². The average molecular weight is 814 g/mol. The number of rotatable bonds is 7. The summed E-state index contributed by atoms with van der Waals surface area (Å²) in [5.74, 6) is 0. The second kappa shape index (κ2) is 14.7. The van der Waals surface area contributed by atoms with Crippen molar-refractivity contribution in [2.75, 3.05) is 4.90 Å². The number of hydrogen-bond donors (Lipinski definition) is 0. The molecule has 9 aromatic rings. The Balaban J connectivity index is 1.20. The van der Waals surface area contributed by atoms with Gasteiger partial charge in [0.15, 0.2) is 8.07 Å². The van der Waals surface area contributed by atoms with Crippen LogP contribution in [0.15, 0.2) is 212 Å². The van der Waals surface area contributed by atoms with Crippen LogP contribution in [-0.2, 0) is 10.8 Å². The van der Waals surface area contributed by atoms with E-state index in [1.165, 1.54) is 94.6 Å². The van der Waals surface area contributed by atoms with Crippen LogP contribution in [0.25, 0.3) is 44.2 Å². The molecule has 11 rings (SSSR count). The highest BCUT2D eigenvalue weighted by Gasteiger charge is 2.51. The van der Waals surface area contributed by atoms with E-state index in [-0.39, 0.29) is 10.8 Å². The van der Waals surface area contributed by atoms with Crippen molar-refractivity contribution in [3.63, 3.8) is 0 Å². The Kier molecular flexibility index (Phi) is 9.07. The molecular weight excluding hydrogens is 763 g/mol. The molecule has 9 aromatic carbocycles. The number of benzene rings is 9. The van der Waals surface area contributed by atoms with Gasteiger partial charge in [0.1, 0.15) is 0 Å². The zero-order valence-corrected chi connectivity index (χ0v) is 37.1. The molecule has 0 unspecified atom stereocenters. The standard InChI is InChI=1S/C60H51NSi/c1-59(2)40-41-60(3,4)57-48(29-18-32-53(57)59)43-36-38-44(39-37-43)61(54-33-15-13-27-50(54)49-30-17-21-42-20-11-12-26-47(42)49)55-34-19-31-52-51-28-14-16-35-56(51)62(58(52)55,45-22-7-5-8-23-45)46-24-9-6-10-25-46/h5-39H,40-41H2,1-4H3. The average Bonchev–Trinajstić information content (AvgIpc) is 3.63. The minimum atomic E-state index is -2.89. The van der Waals surface area contributed by atoms with E-state index in [0.717, 1.165) is 11.4 Å². The molecule has 0 aromatic heterocycles. The van der Waals surface area contributed by atoms with E-state index in [4.69, 9.17) is 0 Å². The van der Waals surface area contributed by atoms with Gasteiger partial charge in [-0.15, -0.1) is 0 Å². The summed E-state index contributed by atoms with van der Waals surface area (Å²) in [5.41, 5.74) is 14.4. The minimum absolute atomic E-state index is 0.0893. The lowest BCUT2D eigenvalue weighted by Crippen LogP contribution is -2.73. The van der Waals surface area contributed by atoms with Crippen LogP contribution < -0.4 is 25.6 Å². The topological polar surface area (TPSA) is 3.24 Å². The summed E-state index contributed by atoms with van der Waals surface area (Å²) in [5, 5.41) is 8.14. The van der Waals surface area contributed by atoms with Crippen molar-refractivity contribution in [1.29, 1.82) is 0 Å². The van der Waals surface area contributed by atoms with Crippen LogP contribution in [0.2, 0.25) is 0 Å². The summed E-state index contributed by atoms with van der Waals surface area (Å²) in [7, 11) is -2.89. The van der Waals surface area contributed by atoms with Gasteiger partial charge in [-0.1, -0.05) is 216 Å². The van der Waals surface area contributed by atoms with E-state index >= 15 is 0 Å². The first-order valence-electron chi connectivity index (χ1n) is 22.2. The van der Waals surface area contributed by atoms with Gasteiger partial charge in [-0.3, -0.25) is 0 Å². The molecule has 2 heteroatoms. The predicted molar refractivity (Wildman–Crippen MR) is 267 cm³/mol. The van der Waals surface area contributed by atoms with Gasteiger partial charge >= 0.3 is 0 Å². The maximum atomic E-state index is 2.59. The second-order valence-corrected chi connectivity index (χ2v) is 22.3. The molecule has 300 valence electrons. The fourth-order valence-electron chi connectivity index (χ4n) is 11.2. The van der Waals surface area contributed by atoms with Crippen LogP contribution in [-0.4, -0.2) is 8.07 Å². The van der Waals surface area contributed by atoms with Gasteiger partial charge in [-0.05, 0) is 118 Å². The lowest BCUT2D eigenvalue weighted by molar-refractivity contribution is 0.333. The molecule has 0 atom stereocenters. The van der Waals surface area contributed by atoms with E-state index in [1.54, 1.807) is 0 Å². The molecule has 0 radical (unpaired) electrons. The number of fused-ring (bicyclic) bond motifs is 5. The highest BCUT2D eigenvalue weighted by molar-refractivity contribution is 7.22. The molecule has 0 bridgehead atoms. The first-order valence-corrected chi connectivity index (χ1v) is 24.2. The molecule has 0 spiro atoms. The van der Waals surface area contributed by atoms with E-state index in [2.05, 4.69) is 245 Å². The summed E-state index contributed by atoms with van der Waals surface area (Å²) < 4.78 is 0. The van der Waals surface area contributed by atoms with Crippen molar-refractivity contribution >= 4 is 56.7 Å². The van der Waals surface area contributed by atoms with Gasteiger partial charge in [0.25, 0.3) is 0 Å². The van der Waals surface area contributed by atoms with Crippen molar-refractivity contribution in [1.82, 2.24) is 0 Å². The molecule has 1 nitrogen and oxygen atoms in total. The van der Waals surface area contributed by atoms with Crippen LogP contribution in [0.5, 0.6) is 0 Å². The molecule has 1 heterocycles. The largest absolute Gasteiger partial charge is 0.310 e. The third kappa shape index (κ3) is 5.88. The van der Waals surface area contributed by atoms with Crippen LogP contribution in [0, 0.1) is 0 Å². The first kappa shape index (κ1) is 38.2. The van der Waals surface area contributed by atoms with E-state index in [1.807, 2.05) is 0 Å². The van der Waals surface area contributed by atoms with Crippen LogP contribution >= 0.6 is 0 Å². The fraction of sp³-hybridized carbons (Fsp3) is 0.133. The summed E-state index contributed by atoms with van der Waals surface area (Å²) in [4.78, 5) is 2.59. The number of hydrogen-bond acceptors (Lipinski definition) is 1. The van der Waals surface area contributed by atoms with E-state index in [9.17, 15) is 0 Å². The molecule has 62 heavy (non-hydrogen) atoms. The lowest BCUT2D eigenvalue weighted by atomic mass is 9.61. The molecule has 0 fully saturated rings. The van der Waals surface area contributed by atoms with Crippen molar-refractivity contribution < 1.29 is 0 Å². The molecule has 0 amide bonds. The Morgan fingerprint density at radius 1 is 0.403 bits per heavy atom. The normalized spacial score (nSPS) is 15.4. The summed E-state index contributed by atoms with van der Waals surface area (Å²) in [6, 6.07) is 80.2. The van der Waals surface area contributed by atoms with Crippen LogP contribution in [0.4, 0.5) is 17.1 Å². The zero-order valence-electron chi connectivity index (χ0n) is 36.1. The Hall–Kier alpha value is -6.74. The Bertz CT molecular complexity index is 3080. The van der Waals surface area contributed by atoms with Crippen molar-refractivity contribution in [3.8, 4) is 33.4 Å². The van der Waals surface area contributed by atoms with Crippen molar-refractivity contribution in [3.05, 3.63) is 223 Å². The van der Waals surface area contributed by atoms with Gasteiger partial charge in [-0.2, -0.15) is 0 Å². The Morgan fingerprint density at radius 2 is 0.935 bits per heavy atom. The third-order valence-corrected chi connectivity index (χ3v) is 19.1. The highest BCUT2D eigenvalue weighted by Crippen LogP contribution is 2.50. The fourth-order valence-corrected chi connectivity index (χ4v) is 16.5. The number of anilines is 3. The summed E-state index contributed by atoms with van der Waals surface area (Å²) in [6.45, 7) is 9.72. The maximum absolute atomic E-state index is 2.89. The monoisotopic (exact) mass is 813 g/mol. The first-order chi connectivity index (χ1) is 30.3. The number of nitrogens with zero attached hydrogens (tertiary/aromatic N) is 1. The molecule has 2 aliphatic rings. The molecule has 0 saturated heterocycles. The van der Waals surface area contributed by atoms with Gasteiger partial charge in [0.2, 0.25) is 0 Å². The van der Waals surface area contributed by atoms with E-state index in [0.29, 0.717) is 0 Å². The quantitative estimate of drug-likeness (QED) is 0.145. The number of para-hydroxylation sites is 1. The van der Waals surface area contributed by atoms with Crippen LogP contribution in [0.1, 0.15) is 51.7 Å². The Morgan fingerprint density at radius 3 is 1.69 bits per heavy atom. The van der Waals surface area contributed by atoms with Gasteiger partial charge < -0.3 is 4.90 Å². The molecule has 0 saturated carbocycles. The molecule has 1 aliphatic carbocycles. The predicted octanol–water partition coefficient (Wildman–Crippen LogP) is 13.4. The molecular formula is C60H51NSi. The second-order valence-electron chi connectivity index (χ2n) is 18.6. The molecule has 0 N–H and O–H groups in total. The summed E-state index contributed by atoms with van der Waals surface area (Å²) in [6.07, 6.45) is 2.37. The minimum Gasteiger partial charge on any atom is -0.310 e. The third-order valence-electron chi connectivity index (χ3n) is 14.2. The zero-order chi connectivity index (χ0) is 42.1. The summed E-state index contributed by atoms with van der Waals surface area (Å²) >= 11 is 0. The van der Waals surface area contributed by atoms with Gasteiger partial charge in [-0.25, -0.2) is 0 Å². The maximum Gasteiger partial charge on any atom is 0.183 e. The lowest BCUT2D eigenvalue weighted by Gasteiger charge is -2.43. The van der Waals surface area contributed by atoms with E-state index < -0.39 is 8.07 Å². The highest BCUT2D eigenvalue weighted by atomic mass is 28.3. The SMILES string of the molecule is CC1(C)CCC(C)(C)c2c(-c3ccc(N(c4ccccc4-c4cccc5ccccc45)c4cccc5c4[Si](c4ccccc4)(c4ccccc4)c4ccccc4-5)cc3)cccc21.